The van der Waals surface area contributed by atoms with Gasteiger partial charge in [-0.05, 0) is 36.4 Å². The molecule has 1 atom stereocenters. The Balaban J connectivity index is 1.64. The number of benzene rings is 2. The summed E-state index contributed by atoms with van der Waals surface area (Å²) >= 11 is 0. The summed E-state index contributed by atoms with van der Waals surface area (Å²) in [6.45, 7) is 0.565. The highest BCUT2D eigenvalue weighted by atomic mass is 16.2. The van der Waals surface area contributed by atoms with Crippen molar-refractivity contribution in [1.29, 1.82) is 0 Å². The number of nitrogens with one attached hydrogen (secondary N) is 1. The Morgan fingerprint density at radius 2 is 1.88 bits per heavy atom. The molecule has 132 valence electrons. The highest BCUT2D eigenvalue weighted by Gasteiger charge is 2.36. The first-order valence-corrected chi connectivity index (χ1v) is 8.61. The van der Waals surface area contributed by atoms with Gasteiger partial charge in [0.05, 0.1) is 11.0 Å². The first-order valence-electron chi connectivity index (χ1n) is 8.61. The van der Waals surface area contributed by atoms with Crippen molar-refractivity contribution in [3.05, 3.63) is 54.4 Å². The average Bonchev–Trinajstić information content (AvgIpc) is 3.00. The van der Waals surface area contributed by atoms with Crippen LogP contribution >= 0.6 is 0 Å². The van der Waals surface area contributed by atoms with E-state index < -0.39 is 5.92 Å². The molecule has 1 N–H and O–H groups in total. The molecule has 6 nitrogen and oxygen atoms in total. The third kappa shape index (κ3) is 2.73. The van der Waals surface area contributed by atoms with E-state index in [1.54, 1.807) is 0 Å². The Morgan fingerprint density at radius 3 is 2.62 bits per heavy atom. The fourth-order valence-corrected chi connectivity index (χ4v) is 3.38. The van der Waals surface area contributed by atoms with Crippen LogP contribution in [-0.4, -0.2) is 35.3 Å². The van der Waals surface area contributed by atoms with Crippen LogP contribution < -0.4 is 10.2 Å². The SMILES string of the molecule is CN(C)c1ccc(NC(=O)C2C(=O)CCn3c2nc2ccccc23)cc1. The van der Waals surface area contributed by atoms with Crippen LogP contribution in [0, 0.1) is 0 Å². The normalized spacial score (nSPS) is 16.4. The van der Waals surface area contributed by atoms with E-state index in [9.17, 15) is 9.59 Å². The number of rotatable bonds is 3. The Bertz CT molecular complexity index is 989. The minimum Gasteiger partial charge on any atom is -0.378 e. The van der Waals surface area contributed by atoms with Crippen LogP contribution in [0.2, 0.25) is 0 Å². The number of fused-ring (bicyclic) bond motifs is 3. The molecular formula is C20H20N4O2. The van der Waals surface area contributed by atoms with Crippen molar-refractivity contribution in [3.8, 4) is 0 Å². The minimum absolute atomic E-state index is 0.0878. The summed E-state index contributed by atoms with van der Waals surface area (Å²) in [4.78, 5) is 31.9. The first kappa shape index (κ1) is 16.3. The molecule has 1 aliphatic heterocycles. The molecule has 2 heterocycles. The molecule has 1 aliphatic rings. The summed E-state index contributed by atoms with van der Waals surface area (Å²) in [7, 11) is 3.91. The number of hydrogen-bond acceptors (Lipinski definition) is 4. The number of carbonyl (C=O) groups is 2. The fraction of sp³-hybridized carbons (Fsp3) is 0.250. The quantitative estimate of drug-likeness (QED) is 0.739. The van der Waals surface area contributed by atoms with Crippen LogP contribution in [-0.2, 0) is 16.1 Å². The molecular weight excluding hydrogens is 328 g/mol. The number of carbonyl (C=O) groups excluding carboxylic acids is 2. The van der Waals surface area contributed by atoms with Gasteiger partial charge >= 0.3 is 0 Å². The second-order valence-corrected chi connectivity index (χ2v) is 6.69. The zero-order valence-corrected chi connectivity index (χ0v) is 14.8. The van der Waals surface area contributed by atoms with Gasteiger partial charge in [0.15, 0.2) is 11.7 Å². The lowest BCUT2D eigenvalue weighted by atomic mass is 9.96. The number of hydrogen-bond donors (Lipinski definition) is 1. The van der Waals surface area contributed by atoms with Crippen molar-refractivity contribution in [2.24, 2.45) is 0 Å². The topological polar surface area (TPSA) is 67.2 Å². The van der Waals surface area contributed by atoms with Crippen LogP contribution in [0.3, 0.4) is 0 Å². The smallest absolute Gasteiger partial charge is 0.242 e. The van der Waals surface area contributed by atoms with E-state index >= 15 is 0 Å². The molecule has 1 aromatic heterocycles. The summed E-state index contributed by atoms with van der Waals surface area (Å²) in [5.74, 6) is -0.756. The zero-order valence-electron chi connectivity index (χ0n) is 14.8. The Hall–Kier alpha value is -3.15. The average molecular weight is 348 g/mol. The maximum atomic E-state index is 12.8. The molecule has 4 rings (SSSR count). The van der Waals surface area contributed by atoms with Crippen LogP contribution in [0.15, 0.2) is 48.5 Å². The number of aryl methyl sites for hydroxylation is 1. The van der Waals surface area contributed by atoms with Gasteiger partial charge in [-0.15, -0.1) is 0 Å². The van der Waals surface area contributed by atoms with Crippen LogP contribution in [0.5, 0.6) is 0 Å². The second kappa shape index (κ2) is 6.29. The van der Waals surface area contributed by atoms with E-state index in [-0.39, 0.29) is 11.7 Å². The van der Waals surface area contributed by atoms with Crippen LogP contribution in [0.4, 0.5) is 11.4 Å². The highest BCUT2D eigenvalue weighted by Crippen LogP contribution is 2.29. The number of amides is 1. The van der Waals surface area contributed by atoms with Gasteiger partial charge < -0.3 is 14.8 Å². The molecule has 6 heteroatoms. The molecule has 0 bridgehead atoms. The second-order valence-electron chi connectivity index (χ2n) is 6.69. The van der Waals surface area contributed by atoms with Gasteiger partial charge in [-0.2, -0.15) is 0 Å². The maximum absolute atomic E-state index is 12.8. The van der Waals surface area contributed by atoms with Gasteiger partial charge in [0, 0.05) is 38.4 Å². The van der Waals surface area contributed by atoms with Gasteiger partial charge in [-0.3, -0.25) is 9.59 Å². The summed E-state index contributed by atoms with van der Waals surface area (Å²) < 4.78 is 1.98. The van der Waals surface area contributed by atoms with E-state index in [2.05, 4.69) is 10.3 Å². The molecule has 0 spiro atoms. The minimum atomic E-state index is -0.871. The van der Waals surface area contributed by atoms with Gasteiger partial charge in [-0.1, -0.05) is 12.1 Å². The van der Waals surface area contributed by atoms with Gasteiger partial charge in [0.25, 0.3) is 0 Å². The lowest BCUT2D eigenvalue weighted by Crippen LogP contribution is -2.34. The number of imidazole rings is 1. The molecule has 2 aromatic carbocycles. The van der Waals surface area contributed by atoms with Crippen molar-refractivity contribution in [2.45, 2.75) is 18.9 Å². The Kier molecular flexibility index (Phi) is 3.95. The first-order chi connectivity index (χ1) is 12.5. The van der Waals surface area contributed by atoms with E-state index in [0.29, 0.717) is 24.5 Å². The Labute approximate surface area is 151 Å². The number of nitrogens with zero attached hydrogens (tertiary/aromatic N) is 3. The maximum Gasteiger partial charge on any atom is 0.242 e. The van der Waals surface area contributed by atoms with E-state index in [1.165, 1.54) is 0 Å². The van der Waals surface area contributed by atoms with Gasteiger partial charge in [-0.25, -0.2) is 4.98 Å². The van der Waals surface area contributed by atoms with E-state index in [0.717, 1.165) is 16.7 Å². The van der Waals surface area contributed by atoms with E-state index in [1.807, 2.05) is 72.1 Å². The summed E-state index contributed by atoms with van der Waals surface area (Å²) in [5, 5.41) is 2.86. The van der Waals surface area contributed by atoms with Gasteiger partial charge in [0.1, 0.15) is 5.82 Å². The van der Waals surface area contributed by atoms with Crippen molar-refractivity contribution in [1.82, 2.24) is 9.55 Å². The largest absolute Gasteiger partial charge is 0.378 e. The van der Waals surface area contributed by atoms with Crippen LogP contribution in [0.1, 0.15) is 18.2 Å². The predicted octanol–water partition coefficient (Wildman–Crippen LogP) is 2.80. The summed E-state index contributed by atoms with van der Waals surface area (Å²) in [5.41, 5.74) is 3.48. The lowest BCUT2D eigenvalue weighted by Gasteiger charge is -2.22. The number of ketones is 1. The molecule has 0 saturated carbocycles. The fourth-order valence-electron chi connectivity index (χ4n) is 3.38. The summed E-state index contributed by atoms with van der Waals surface area (Å²) in [6.07, 6.45) is 0.338. The standard InChI is InChI=1S/C20H20N4O2/c1-23(2)14-9-7-13(8-10-14)21-20(26)18-17(25)11-12-24-16-6-4-3-5-15(16)22-19(18)24/h3-10,18H,11-12H2,1-2H3,(H,21,26). The van der Waals surface area contributed by atoms with Crippen molar-refractivity contribution in [3.63, 3.8) is 0 Å². The molecule has 1 unspecified atom stereocenters. The third-order valence-electron chi connectivity index (χ3n) is 4.76. The van der Waals surface area contributed by atoms with Crippen molar-refractivity contribution < 1.29 is 9.59 Å². The Morgan fingerprint density at radius 1 is 1.15 bits per heavy atom. The summed E-state index contributed by atoms with van der Waals surface area (Å²) in [6, 6.07) is 15.2. The molecule has 0 radical (unpaired) electrons. The molecule has 0 aliphatic carbocycles. The van der Waals surface area contributed by atoms with Gasteiger partial charge in [0.2, 0.25) is 5.91 Å². The van der Waals surface area contributed by atoms with Crippen molar-refractivity contribution in [2.75, 3.05) is 24.3 Å². The molecule has 0 saturated heterocycles. The molecule has 3 aromatic rings. The third-order valence-corrected chi connectivity index (χ3v) is 4.76. The molecule has 0 fully saturated rings. The number of aromatic nitrogens is 2. The lowest BCUT2D eigenvalue weighted by molar-refractivity contribution is -0.128. The highest BCUT2D eigenvalue weighted by molar-refractivity contribution is 6.12. The predicted molar refractivity (Wildman–Crippen MR) is 101 cm³/mol. The monoisotopic (exact) mass is 348 g/mol. The molecule has 26 heavy (non-hydrogen) atoms. The van der Waals surface area contributed by atoms with Crippen molar-refractivity contribution >= 4 is 34.1 Å². The number of anilines is 2. The molecule has 1 amide bonds. The zero-order chi connectivity index (χ0) is 18.3. The van der Waals surface area contributed by atoms with E-state index in [4.69, 9.17) is 0 Å². The number of Topliss-reactive ketones (excluding diaryl/α,β-unsaturated/α-hetero) is 1. The van der Waals surface area contributed by atoms with Crippen LogP contribution in [0.25, 0.3) is 11.0 Å². The number of para-hydroxylation sites is 2.